The van der Waals surface area contributed by atoms with E-state index in [4.69, 9.17) is 0 Å². The van der Waals surface area contributed by atoms with E-state index < -0.39 is 10.0 Å². The van der Waals surface area contributed by atoms with Crippen LogP contribution in [-0.4, -0.2) is 67.7 Å². The number of hydrogen-bond acceptors (Lipinski definition) is 6. The van der Waals surface area contributed by atoms with E-state index in [-0.39, 0.29) is 11.7 Å². The van der Waals surface area contributed by atoms with Crippen LogP contribution in [0.15, 0.2) is 24.5 Å². The molecule has 9 heteroatoms. The Kier molecular flexibility index (Phi) is 5.88. The van der Waals surface area contributed by atoms with Crippen molar-refractivity contribution in [2.75, 3.05) is 47.7 Å². The number of piperazine rings is 1. The molecule has 166 valence electrons. The summed E-state index contributed by atoms with van der Waals surface area (Å²) in [5.41, 5.74) is 3.65. The van der Waals surface area contributed by atoms with Crippen LogP contribution in [0, 0.1) is 13.8 Å². The van der Waals surface area contributed by atoms with Gasteiger partial charge >= 0.3 is 0 Å². The fraction of sp³-hybridized carbons (Fsp3) is 0.500. The zero-order valence-electron chi connectivity index (χ0n) is 18.3. The molecule has 0 unspecified atom stereocenters. The molecule has 1 amide bonds. The van der Waals surface area contributed by atoms with Crippen molar-refractivity contribution in [1.82, 2.24) is 14.9 Å². The van der Waals surface area contributed by atoms with Crippen molar-refractivity contribution in [2.45, 2.75) is 33.6 Å². The van der Waals surface area contributed by atoms with Gasteiger partial charge in [0.15, 0.2) is 0 Å². The van der Waals surface area contributed by atoms with Gasteiger partial charge < -0.3 is 9.80 Å². The third-order valence-electron chi connectivity index (χ3n) is 6.06. The van der Waals surface area contributed by atoms with E-state index in [1.54, 1.807) is 6.07 Å². The molecule has 0 N–H and O–H groups in total. The number of amides is 1. The van der Waals surface area contributed by atoms with Crippen molar-refractivity contribution >= 4 is 27.6 Å². The fourth-order valence-electron chi connectivity index (χ4n) is 4.24. The third kappa shape index (κ3) is 4.23. The summed E-state index contributed by atoms with van der Waals surface area (Å²) in [5.74, 6) is 1.46. The maximum atomic E-state index is 13.1. The molecule has 2 aromatic heterocycles. The van der Waals surface area contributed by atoms with Crippen LogP contribution in [0.25, 0.3) is 0 Å². The van der Waals surface area contributed by atoms with E-state index in [0.717, 1.165) is 36.5 Å². The fourth-order valence-corrected chi connectivity index (χ4v) is 5.75. The van der Waals surface area contributed by atoms with Crippen LogP contribution in [0.2, 0.25) is 0 Å². The average molecular weight is 444 g/mol. The number of hydrogen-bond donors (Lipinski definition) is 0. The molecule has 0 atom stereocenters. The van der Waals surface area contributed by atoms with E-state index in [1.165, 1.54) is 16.1 Å². The largest absolute Gasteiger partial charge is 0.353 e. The molecule has 8 nitrogen and oxygen atoms in total. The average Bonchev–Trinajstić information content (AvgIpc) is 3.12. The van der Waals surface area contributed by atoms with Gasteiger partial charge in [-0.25, -0.2) is 18.4 Å². The van der Waals surface area contributed by atoms with Crippen molar-refractivity contribution < 1.29 is 13.2 Å². The smallest absolute Gasteiger partial charge is 0.255 e. The van der Waals surface area contributed by atoms with Gasteiger partial charge in [-0.1, -0.05) is 13.0 Å². The highest BCUT2D eigenvalue weighted by Crippen LogP contribution is 2.25. The number of anilines is 2. The number of pyridine rings is 2. The molecule has 2 aliphatic heterocycles. The molecule has 0 bridgehead atoms. The van der Waals surface area contributed by atoms with Gasteiger partial charge in [-0.05, 0) is 49.4 Å². The lowest BCUT2D eigenvalue weighted by molar-refractivity contribution is 0.0745. The lowest BCUT2D eigenvalue weighted by Crippen LogP contribution is -2.49. The Morgan fingerprint density at radius 1 is 1.00 bits per heavy atom. The Balaban J connectivity index is 1.44. The zero-order chi connectivity index (χ0) is 22.2. The Bertz CT molecular complexity index is 1090. The van der Waals surface area contributed by atoms with Gasteiger partial charge in [0.05, 0.1) is 11.3 Å². The molecule has 31 heavy (non-hydrogen) atoms. The zero-order valence-corrected chi connectivity index (χ0v) is 19.2. The van der Waals surface area contributed by atoms with Gasteiger partial charge in [0.2, 0.25) is 10.0 Å². The normalized spacial score (nSPS) is 18.5. The van der Waals surface area contributed by atoms with Crippen LogP contribution in [0.3, 0.4) is 0 Å². The summed E-state index contributed by atoms with van der Waals surface area (Å²) in [6.07, 6.45) is 5.01. The number of rotatable bonds is 4. The number of carbonyl (C=O) groups is 1. The lowest BCUT2D eigenvalue weighted by Gasteiger charge is -2.36. The van der Waals surface area contributed by atoms with E-state index >= 15 is 0 Å². The molecular formula is C22H29N5O3S. The maximum absolute atomic E-state index is 13.1. The van der Waals surface area contributed by atoms with E-state index in [0.29, 0.717) is 37.4 Å². The van der Waals surface area contributed by atoms with Gasteiger partial charge in [-0.3, -0.25) is 9.10 Å². The van der Waals surface area contributed by atoms with Crippen molar-refractivity contribution in [3.8, 4) is 0 Å². The summed E-state index contributed by atoms with van der Waals surface area (Å²) < 4.78 is 25.6. The van der Waals surface area contributed by atoms with Crippen LogP contribution in [-0.2, 0) is 16.4 Å². The van der Waals surface area contributed by atoms with Crippen molar-refractivity contribution in [1.29, 1.82) is 0 Å². The molecular weight excluding hydrogens is 414 g/mol. The molecule has 0 saturated carbocycles. The predicted molar refractivity (Wildman–Crippen MR) is 121 cm³/mol. The summed E-state index contributed by atoms with van der Waals surface area (Å²) >= 11 is 0. The van der Waals surface area contributed by atoms with Crippen molar-refractivity contribution in [3.05, 3.63) is 46.8 Å². The summed E-state index contributed by atoms with van der Waals surface area (Å²) in [6, 6.07) is 3.88. The molecule has 2 aliphatic rings. The first kappa shape index (κ1) is 21.5. The Labute approximate surface area is 183 Å². The number of aromatic nitrogens is 2. The molecule has 2 aromatic rings. The van der Waals surface area contributed by atoms with Crippen LogP contribution in [0.1, 0.15) is 40.4 Å². The topological polar surface area (TPSA) is 86.7 Å². The Morgan fingerprint density at radius 2 is 1.74 bits per heavy atom. The van der Waals surface area contributed by atoms with Gasteiger partial charge in [0.1, 0.15) is 11.6 Å². The quantitative estimate of drug-likeness (QED) is 0.720. The van der Waals surface area contributed by atoms with Crippen LogP contribution in [0.5, 0.6) is 0 Å². The molecule has 0 aromatic carbocycles. The summed E-state index contributed by atoms with van der Waals surface area (Å²) in [6.45, 7) is 9.14. The maximum Gasteiger partial charge on any atom is 0.255 e. The molecule has 0 spiro atoms. The van der Waals surface area contributed by atoms with Crippen molar-refractivity contribution in [3.63, 3.8) is 0 Å². The summed E-state index contributed by atoms with van der Waals surface area (Å²) in [5, 5.41) is 0. The minimum atomic E-state index is -3.29. The molecule has 2 saturated heterocycles. The van der Waals surface area contributed by atoms with Crippen LogP contribution < -0.4 is 9.21 Å². The minimum absolute atomic E-state index is 0.0634. The molecule has 4 rings (SSSR count). The summed E-state index contributed by atoms with van der Waals surface area (Å²) in [4.78, 5) is 26.1. The highest BCUT2D eigenvalue weighted by Gasteiger charge is 2.30. The monoisotopic (exact) mass is 443 g/mol. The van der Waals surface area contributed by atoms with Gasteiger partial charge in [-0.2, -0.15) is 0 Å². The van der Waals surface area contributed by atoms with E-state index in [1.807, 2.05) is 18.0 Å². The molecule has 4 heterocycles. The number of aryl methyl sites for hydroxylation is 3. The second-order valence-electron chi connectivity index (χ2n) is 8.22. The number of sulfonamides is 1. The highest BCUT2D eigenvalue weighted by molar-refractivity contribution is 7.93. The Morgan fingerprint density at radius 3 is 2.32 bits per heavy atom. The van der Waals surface area contributed by atoms with Gasteiger partial charge in [0, 0.05) is 45.1 Å². The van der Waals surface area contributed by atoms with Crippen LogP contribution in [0.4, 0.5) is 11.6 Å². The standard InChI is InChI=1S/C22H29N5O3S/c1-4-18-12-17(3)21(24-14-18)25-7-9-26(10-8-25)22(28)19-15-23-20(13-16(19)2)27-6-5-11-31(27,29)30/h12-15H,4-11H2,1-3H3. The second kappa shape index (κ2) is 8.45. The molecule has 0 aliphatic carbocycles. The first-order chi connectivity index (χ1) is 14.8. The van der Waals surface area contributed by atoms with Gasteiger partial charge in [-0.15, -0.1) is 0 Å². The first-order valence-electron chi connectivity index (χ1n) is 10.8. The highest BCUT2D eigenvalue weighted by atomic mass is 32.2. The lowest BCUT2D eigenvalue weighted by atomic mass is 10.1. The molecule has 2 fully saturated rings. The Hall–Kier alpha value is -2.68. The minimum Gasteiger partial charge on any atom is -0.353 e. The SMILES string of the molecule is CCc1cnc(N2CCN(C(=O)c3cnc(N4CCCS4(=O)=O)cc3C)CC2)c(C)c1. The van der Waals surface area contributed by atoms with E-state index in [9.17, 15) is 13.2 Å². The van der Waals surface area contributed by atoms with Crippen LogP contribution >= 0.6 is 0 Å². The van der Waals surface area contributed by atoms with E-state index in [2.05, 4.69) is 34.8 Å². The number of carbonyl (C=O) groups excluding carboxylic acids is 1. The predicted octanol–water partition coefficient (Wildman–Crippen LogP) is 2.16. The summed E-state index contributed by atoms with van der Waals surface area (Å²) in [7, 11) is -3.29. The van der Waals surface area contributed by atoms with Gasteiger partial charge in [0.25, 0.3) is 5.91 Å². The first-order valence-corrected chi connectivity index (χ1v) is 12.4. The third-order valence-corrected chi connectivity index (χ3v) is 7.91. The molecule has 0 radical (unpaired) electrons. The van der Waals surface area contributed by atoms with Crippen molar-refractivity contribution in [2.24, 2.45) is 0 Å². The number of nitrogens with zero attached hydrogens (tertiary/aromatic N) is 5. The second-order valence-corrected chi connectivity index (χ2v) is 10.2.